The molecule has 1 aromatic rings. The molecule has 0 saturated carbocycles. The zero-order valence-electron chi connectivity index (χ0n) is 7.58. The largest absolute Gasteiger partial charge is 0.506 e. The SMILES string of the molecule is N[C@H](CC(=O)O)c1cc(Cl)cc(Br)c1O. The maximum absolute atomic E-state index is 10.5. The minimum absolute atomic E-state index is 0.0758. The normalized spacial score (nSPS) is 12.5. The molecule has 82 valence electrons. The summed E-state index contributed by atoms with van der Waals surface area (Å²) in [7, 11) is 0. The molecule has 0 spiro atoms. The number of halogens is 2. The lowest BCUT2D eigenvalue weighted by Crippen LogP contribution is -2.15. The van der Waals surface area contributed by atoms with Crippen molar-refractivity contribution in [2.45, 2.75) is 12.5 Å². The van der Waals surface area contributed by atoms with Gasteiger partial charge in [-0.3, -0.25) is 4.79 Å². The van der Waals surface area contributed by atoms with Gasteiger partial charge in [0.1, 0.15) is 5.75 Å². The van der Waals surface area contributed by atoms with E-state index in [-0.39, 0.29) is 12.2 Å². The second kappa shape index (κ2) is 4.83. The quantitative estimate of drug-likeness (QED) is 0.798. The summed E-state index contributed by atoms with van der Waals surface area (Å²) in [5, 5.41) is 18.6. The second-order valence-electron chi connectivity index (χ2n) is 3.03. The number of carboxylic acid groups (broad SMARTS) is 1. The van der Waals surface area contributed by atoms with Gasteiger partial charge in [0.25, 0.3) is 0 Å². The Morgan fingerprint density at radius 1 is 1.60 bits per heavy atom. The summed E-state index contributed by atoms with van der Waals surface area (Å²) in [5.41, 5.74) is 5.93. The van der Waals surface area contributed by atoms with Gasteiger partial charge in [-0.15, -0.1) is 0 Å². The van der Waals surface area contributed by atoms with Gasteiger partial charge >= 0.3 is 5.97 Å². The van der Waals surface area contributed by atoms with Crippen molar-refractivity contribution in [3.63, 3.8) is 0 Å². The number of benzene rings is 1. The lowest BCUT2D eigenvalue weighted by Gasteiger charge is -2.12. The predicted octanol–water partition coefficient (Wildman–Crippen LogP) is 2.28. The number of nitrogens with two attached hydrogens (primary N) is 1. The lowest BCUT2D eigenvalue weighted by molar-refractivity contribution is -0.137. The summed E-state index contributed by atoms with van der Waals surface area (Å²) in [4.78, 5) is 10.5. The molecule has 0 aliphatic carbocycles. The Bertz CT molecular complexity index is 397. The van der Waals surface area contributed by atoms with Crippen LogP contribution in [0.3, 0.4) is 0 Å². The third-order valence-corrected chi connectivity index (χ3v) is 2.67. The standard InChI is InChI=1S/C9H9BrClNO3/c10-6-2-4(11)1-5(9(6)15)7(12)3-8(13)14/h1-2,7,15H,3,12H2,(H,13,14)/t7-/m1/s1. The van der Waals surface area contributed by atoms with Crippen molar-refractivity contribution >= 4 is 33.5 Å². The Kier molecular flexibility index (Phi) is 3.96. The Balaban J connectivity index is 3.07. The summed E-state index contributed by atoms with van der Waals surface area (Å²) >= 11 is 8.85. The van der Waals surface area contributed by atoms with Gasteiger partial charge in [0.05, 0.1) is 10.9 Å². The third-order valence-electron chi connectivity index (χ3n) is 1.85. The molecule has 0 aromatic heterocycles. The number of rotatable bonds is 3. The van der Waals surface area contributed by atoms with Crippen molar-refractivity contribution in [3.8, 4) is 5.75 Å². The number of aliphatic carboxylic acids is 1. The van der Waals surface area contributed by atoms with Gasteiger partial charge in [0, 0.05) is 16.6 Å². The van der Waals surface area contributed by atoms with E-state index < -0.39 is 12.0 Å². The van der Waals surface area contributed by atoms with Crippen LogP contribution in [0.2, 0.25) is 5.02 Å². The minimum atomic E-state index is -1.03. The van der Waals surface area contributed by atoms with Crippen LogP contribution in [0.5, 0.6) is 5.75 Å². The molecule has 0 aliphatic heterocycles. The van der Waals surface area contributed by atoms with Gasteiger partial charge in [-0.2, -0.15) is 0 Å². The van der Waals surface area contributed by atoms with Gasteiger partial charge in [0.2, 0.25) is 0 Å². The summed E-state index contributed by atoms with van der Waals surface area (Å²) < 4.78 is 0.394. The van der Waals surface area contributed by atoms with Gasteiger partial charge in [-0.25, -0.2) is 0 Å². The predicted molar refractivity (Wildman–Crippen MR) is 60.0 cm³/mol. The molecule has 0 heterocycles. The van der Waals surface area contributed by atoms with Crippen LogP contribution in [0.15, 0.2) is 16.6 Å². The van der Waals surface area contributed by atoms with Crippen LogP contribution >= 0.6 is 27.5 Å². The zero-order chi connectivity index (χ0) is 11.6. The molecule has 15 heavy (non-hydrogen) atoms. The molecule has 0 fully saturated rings. The first-order valence-corrected chi connectivity index (χ1v) is 5.24. The van der Waals surface area contributed by atoms with E-state index >= 15 is 0 Å². The van der Waals surface area contributed by atoms with Crippen molar-refractivity contribution in [2.24, 2.45) is 5.73 Å². The number of carboxylic acids is 1. The number of phenols is 1. The first-order valence-electron chi connectivity index (χ1n) is 4.07. The van der Waals surface area contributed by atoms with Gasteiger partial charge in [-0.05, 0) is 28.1 Å². The molecule has 4 N–H and O–H groups in total. The van der Waals surface area contributed by atoms with E-state index in [1.54, 1.807) is 0 Å². The maximum atomic E-state index is 10.5. The van der Waals surface area contributed by atoms with E-state index in [9.17, 15) is 9.90 Å². The minimum Gasteiger partial charge on any atom is -0.506 e. The molecule has 0 saturated heterocycles. The van der Waals surface area contributed by atoms with E-state index in [1.807, 2.05) is 0 Å². The van der Waals surface area contributed by atoms with Crippen molar-refractivity contribution < 1.29 is 15.0 Å². The molecule has 0 amide bonds. The average Bonchev–Trinajstić information content (AvgIpc) is 2.09. The lowest BCUT2D eigenvalue weighted by atomic mass is 10.0. The highest BCUT2D eigenvalue weighted by Crippen LogP contribution is 2.35. The molecule has 6 heteroatoms. The molecule has 0 radical (unpaired) electrons. The van der Waals surface area contributed by atoms with Gasteiger partial charge < -0.3 is 15.9 Å². The topological polar surface area (TPSA) is 83.6 Å². The fraction of sp³-hybridized carbons (Fsp3) is 0.222. The fourth-order valence-electron chi connectivity index (χ4n) is 1.17. The van der Waals surface area contributed by atoms with Crippen molar-refractivity contribution in [2.75, 3.05) is 0 Å². The summed E-state index contributed by atoms with van der Waals surface area (Å²) in [6, 6.07) is 2.18. The molecular weight excluding hydrogens is 285 g/mol. The van der Waals surface area contributed by atoms with Crippen LogP contribution in [-0.4, -0.2) is 16.2 Å². The van der Waals surface area contributed by atoms with E-state index in [4.69, 9.17) is 22.4 Å². The van der Waals surface area contributed by atoms with E-state index in [2.05, 4.69) is 15.9 Å². The first kappa shape index (κ1) is 12.3. The summed E-state index contributed by atoms with van der Waals surface area (Å²) in [6.45, 7) is 0. The van der Waals surface area contributed by atoms with Crippen LogP contribution in [0, 0.1) is 0 Å². The molecule has 0 bridgehead atoms. The molecule has 0 aliphatic rings. The van der Waals surface area contributed by atoms with Crippen LogP contribution in [0.1, 0.15) is 18.0 Å². The first-order chi connectivity index (χ1) is 6.91. The monoisotopic (exact) mass is 293 g/mol. The Labute approximate surface area is 99.8 Å². The highest BCUT2D eigenvalue weighted by atomic mass is 79.9. The third kappa shape index (κ3) is 3.09. The summed E-state index contributed by atoms with van der Waals surface area (Å²) in [5.74, 6) is -1.11. The van der Waals surface area contributed by atoms with E-state index in [1.165, 1.54) is 12.1 Å². The highest BCUT2D eigenvalue weighted by molar-refractivity contribution is 9.10. The fourth-order valence-corrected chi connectivity index (χ4v) is 2.00. The molecular formula is C9H9BrClNO3. The Hall–Kier alpha value is -0.780. The van der Waals surface area contributed by atoms with Crippen LogP contribution < -0.4 is 5.73 Å². The molecule has 0 unspecified atom stereocenters. The van der Waals surface area contributed by atoms with E-state index in [0.717, 1.165) is 0 Å². The maximum Gasteiger partial charge on any atom is 0.305 e. The number of hydrogen-bond acceptors (Lipinski definition) is 3. The Morgan fingerprint density at radius 2 is 2.20 bits per heavy atom. The van der Waals surface area contributed by atoms with E-state index in [0.29, 0.717) is 15.1 Å². The van der Waals surface area contributed by atoms with Crippen LogP contribution in [0.4, 0.5) is 0 Å². The number of aromatic hydroxyl groups is 1. The molecule has 1 atom stereocenters. The highest BCUT2D eigenvalue weighted by Gasteiger charge is 2.17. The Morgan fingerprint density at radius 3 is 2.73 bits per heavy atom. The van der Waals surface area contributed by atoms with Crippen molar-refractivity contribution in [1.82, 2.24) is 0 Å². The molecule has 1 rings (SSSR count). The van der Waals surface area contributed by atoms with Crippen molar-refractivity contribution in [3.05, 3.63) is 27.2 Å². The molecule has 4 nitrogen and oxygen atoms in total. The van der Waals surface area contributed by atoms with Crippen LogP contribution in [0.25, 0.3) is 0 Å². The number of phenolic OH excluding ortho intramolecular Hbond substituents is 1. The average molecular weight is 295 g/mol. The number of hydrogen-bond donors (Lipinski definition) is 3. The second-order valence-corrected chi connectivity index (χ2v) is 4.32. The molecule has 1 aromatic carbocycles. The van der Waals surface area contributed by atoms with Crippen LogP contribution in [-0.2, 0) is 4.79 Å². The van der Waals surface area contributed by atoms with Gasteiger partial charge in [-0.1, -0.05) is 11.6 Å². The van der Waals surface area contributed by atoms with Gasteiger partial charge in [0.15, 0.2) is 0 Å². The number of carbonyl (C=O) groups is 1. The summed E-state index contributed by atoms with van der Waals surface area (Å²) in [6.07, 6.45) is -0.264. The van der Waals surface area contributed by atoms with Crippen molar-refractivity contribution in [1.29, 1.82) is 0 Å². The zero-order valence-corrected chi connectivity index (χ0v) is 9.92. The smallest absolute Gasteiger partial charge is 0.305 e.